The van der Waals surface area contributed by atoms with Gasteiger partial charge in [0.15, 0.2) is 0 Å². The van der Waals surface area contributed by atoms with Crippen molar-refractivity contribution >= 4 is 11.9 Å². The van der Waals surface area contributed by atoms with Gasteiger partial charge < -0.3 is 19.1 Å². The highest BCUT2D eigenvalue weighted by Crippen LogP contribution is 2.14. The van der Waals surface area contributed by atoms with E-state index in [2.05, 4.69) is 9.47 Å². The minimum absolute atomic E-state index is 0.247. The molecule has 1 heterocycles. The zero-order valence-electron chi connectivity index (χ0n) is 10.8. The van der Waals surface area contributed by atoms with Gasteiger partial charge in [0, 0.05) is 24.9 Å². The van der Waals surface area contributed by atoms with Gasteiger partial charge in [-0.2, -0.15) is 0 Å². The van der Waals surface area contributed by atoms with E-state index in [9.17, 15) is 9.59 Å². The maximum absolute atomic E-state index is 11.3. The Bertz CT molecular complexity index is 320. The fraction of sp³-hybridized carbons (Fsp3) is 0.667. The van der Waals surface area contributed by atoms with Gasteiger partial charge in [0.05, 0.1) is 33.9 Å². The zero-order chi connectivity index (χ0) is 13.4. The highest BCUT2D eigenvalue weighted by atomic mass is 16.5. The number of rotatable bonds is 5. The fourth-order valence-electron chi connectivity index (χ4n) is 1.70. The summed E-state index contributed by atoms with van der Waals surface area (Å²) in [6.45, 7) is 2.67. The van der Waals surface area contributed by atoms with Crippen molar-refractivity contribution in [3.63, 3.8) is 0 Å². The highest BCUT2D eigenvalue weighted by Gasteiger charge is 2.16. The quantitative estimate of drug-likeness (QED) is 0.522. The Hall–Kier alpha value is -1.56. The molecule has 0 aromatic heterocycles. The summed E-state index contributed by atoms with van der Waals surface area (Å²) in [5, 5.41) is 0. The maximum atomic E-state index is 11.3. The van der Waals surface area contributed by atoms with Gasteiger partial charge in [0.2, 0.25) is 0 Å². The molecule has 0 radical (unpaired) electrons. The van der Waals surface area contributed by atoms with Crippen LogP contribution >= 0.6 is 0 Å². The van der Waals surface area contributed by atoms with Crippen molar-refractivity contribution in [2.75, 3.05) is 40.5 Å². The van der Waals surface area contributed by atoms with Crippen molar-refractivity contribution < 1.29 is 23.8 Å². The predicted octanol–water partition coefficient (Wildman–Crippen LogP) is 0.329. The number of allylic oxidation sites excluding steroid dienone is 1. The number of hydrogen-bond acceptors (Lipinski definition) is 6. The maximum Gasteiger partial charge on any atom is 0.332 e. The lowest BCUT2D eigenvalue weighted by atomic mass is 10.2. The lowest BCUT2D eigenvalue weighted by molar-refractivity contribution is -0.141. The van der Waals surface area contributed by atoms with Gasteiger partial charge in [0.1, 0.15) is 0 Å². The van der Waals surface area contributed by atoms with Crippen LogP contribution in [0.1, 0.15) is 12.8 Å². The summed E-state index contributed by atoms with van der Waals surface area (Å²) in [5.41, 5.74) is 0.788. The van der Waals surface area contributed by atoms with Crippen LogP contribution in [-0.4, -0.2) is 57.4 Å². The van der Waals surface area contributed by atoms with E-state index in [-0.39, 0.29) is 12.4 Å². The van der Waals surface area contributed by atoms with Crippen LogP contribution in [0.5, 0.6) is 0 Å². The summed E-state index contributed by atoms with van der Waals surface area (Å²) in [6.07, 6.45) is 2.13. The molecule has 102 valence electrons. The normalized spacial score (nSPS) is 16.3. The SMILES string of the molecule is COC(=O)C=C(CCC(=O)OC)N1CCOCC1. The molecule has 1 saturated heterocycles. The topological polar surface area (TPSA) is 65.1 Å². The third-order valence-electron chi connectivity index (χ3n) is 2.72. The lowest BCUT2D eigenvalue weighted by Crippen LogP contribution is -2.36. The van der Waals surface area contributed by atoms with Crippen molar-refractivity contribution in [1.82, 2.24) is 4.90 Å². The van der Waals surface area contributed by atoms with Gasteiger partial charge in [-0.1, -0.05) is 0 Å². The second-order valence-corrected chi connectivity index (χ2v) is 3.83. The number of morpholine rings is 1. The highest BCUT2D eigenvalue weighted by molar-refractivity contribution is 5.82. The molecule has 0 amide bonds. The Kier molecular flexibility index (Phi) is 6.21. The van der Waals surface area contributed by atoms with E-state index in [1.807, 2.05) is 4.90 Å². The van der Waals surface area contributed by atoms with E-state index in [4.69, 9.17) is 4.74 Å². The summed E-state index contributed by atoms with van der Waals surface area (Å²) in [5.74, 6) is -0.708. The molecule has 0 saturated carbocycles. The van der Waals surface area contributed by atoms with E-state index in [0.29, 0.717) is 32.7 Å². The monoisotopic (exact) mass is 257 g/mol. The van der Waals surface area contributed by atoms with E-state index >= 15 is 0 Å². The van der Waals surface area contributed by atoms with Crippen LogP contribution < -0.4 is 0 Å². The standard InChI is InChI=1S/C12H19NO5/c1-16-11(14)4-3-10(9-12(15)17-2)13-5-7-18-8-6-13/h9H,3-8H2,1-2H3. The van der Waals surface area contributed by atoms with Crippen molar-refractivity contribution in [1.29, 1.82) is 0 Å². The van der Waals surface area contributed by atoms with Crippen LogP contribution in [-0.2, 0) is 23.8 Å². The molecule has 0 aromatic carbocycles. The molecule has 6 nitrogen and oxygen atoms in total. The number of nitrogens with zero attached hydrogens (tertiary/aromatic N) is 1. The van der Waals surface area contributed by atoms with E-state index < -0.39 is 5.97 Å². The summed E-state index contributed by atoms with van der Waals surface area (Å²) in [4.78, 5) is 24.5. The number of esters is 2. The molecule has 6 heteroatoms. The average Bonchev–Trinajstić information content (AvgIpc) is 2.43. The Morgan fingerprint density at radius 1 is 1.17 bits per heavy atom. The van der Waals surface area contributed by atoms with Gasteiger partial charge >= 0.3 is 11.9 Å². The molecule has 0 bridgehead atoms. The smallest absolute Gasteiger partial charge is 0.332 e. The minimum atomic E-state index is -0.415. The van der Waals surface area contributed by atoms with Crippen LogP contribution in [0.2, 0.25) is 0 Å². The first-order chi connectivity index (χ1) is 8.67. The van der Waals surface area contributed by atoms with Gasteiger partial charge in [-0.05, 0) is 6.42 Å². The number of methoxy groups -OCH3 is 2. The number of hydrogen-bond donors (Lipinski definition) is 0. The van der Waals surface area contributed by atoms with Crippen LogP contribution in [0.15, 0.2) is 11.8 Å². The average molecular weight is 257 g/mol. The molecule has 0 N–H and O–H groups in total. The first-order valence-corrected chi connectivity index (χ1v) is 5.85. The number of carbonyl (C=O) groups excluding carboxylic acids is 2. The second kappa shape index (κ2) is 7.71. The second-order valence-electron chi connectivity index (χ2n) is 3.83. The summed E-state index contributed by atoms with van der Waals surface area (Å²) < 4.78 is 14.5. The third-order valence-corrected chi connectivity index (χ3v) is 2.72. The predicted molar refractivity (Wildman–Crippen MR) is 63.7 cm³/mol. The number of ether oxygens (including phenoxy) is 3. The Morgan fingerprint density at radius 2 is 1.83 bits per heavy atom. The Morgan fingerprint density at radius 3 is 2.39 bits per heavy atom. The molecule has 18 heavy (non-hydrogen) atoms. The largest absolute Gasteiger partial charge is 0.469 e. The lowest BCUT2D eigenvalue weighted by Gasteiger charge is -2.30. The Balaban J connectivity index is 2.64. The van der Waals surface area contributed by atoms with Gasteiger partial charge in [-0.3, -0.25) is 4.79 Å². The van der Waals surface area contributed by atoms with Crippen molar-refractivity contribution in [3.8, 4) is 0 Å². The zero-order valence-corrected chi connectivity index (χ0v) is 10.8. The van der Waals surface area contributed by atoms with E-state index in [0.717, 1.165) is 5.70 Å². The summed E-state index contributed by atoms with van der Waals surface area (Å²) in [6, 6.07) is 0. The van der Waals surface area contributed by atoms with Crippen LogP contribution in [0.25, 0.3) is 0 Å². The van der Waals surface area contributed by atoms with Gasteiger partial charge in [-0.15, -0.1) is 0 Å². The molecule has 0 aromatic rings. The molecule has 1 aliphatic rings. The van der Waals surface area contributed by atoms with Gasteiger partial charge in [0.25, 0.3) is 0 Å². The minimum Gasteiger partial charge on any atom is -0.469 e. The first-order valence-electron chi connectivity index (χ1n) is 5.85. The third kappa shape index (κ3) is 4.75. The van der Waals surface area contributed by atoms with E-state index in [1.165, 1.54) is 20.3 Å². The van der Waals surface area contributed by atoms with Crippen molar-refractivity contribution in [3.05, 3.63) is 11.8 Å². The Labute approximate surface area is 106 Å². The van der Waals surface area contributed by atoms with Crippen LogP contribution in [0, 0.1) is 0 Å². The number of carbonyl (C=O) groups is 2. The fourth-order valence-corrected chi connectivity index (χ4v) is 1.70. The first kappa shape index (κ1) is 14.5. The van der Waals surface area contributed by atoms with Crippen molar-refractivity contribution in [2.24, 2.45) is 0 Å². The van der Waals surface area contributed by atoms with Crippen molar-refractivity contribution in [2.45, 2.75) is 12.8 Å². The molecule has 1 rings (SSSR count). The molecule has 0 atom stereocenters. The molecule has 0 aliphatic carbocycles. The molecule has 1 aliphatic heterocycles. The molecular formula is C12H19NO5. The van der Waals surface area contributed by atoms with Crippen LogP contribution in [0.3, 0.4) is 0 Å². The molecule has 0 spiro atoms. The summed E-state index contributed by atoms with van der Waals surface area (Å²) in [7, 11) is 2.68. The van der Waals surface area contributed by atoms with E-state index in [1.54, 1.807) is 0 Å². The van der Waals surface area contributed by atoms with Crippen LogP contribution in [0.4, 0.5) is 0 Å². The van der Waals surface area contributed by atoms with Gasteiger partial charge in [-0.25, -0.2) is 4.79 Å². The molecule has 0 unspecified atom stereocenters. The summed E-state index contributed by atoms with van der Waals surface area (Å²) >= 11 is 0. The molecule has 1 fully saturated rings. The molecular weight excluding hydrogens is 238 g/mol.